The summed E-state index contributed by atoms with van der Waals surface area (Å²) in [4.78, 5) is 0. The van der Waals surface area contributed by atoms with E-state index in [1.807, 2.05) is 6.07 Å². The fourth-order valence-electron chi connectivity index (χ4n) is 2.69. The van der Waals surface area contributed by atoms with Crippen LogP contribution in [0, 0.1) is 0 Å². The molecule has 0 bridgehead atoms. The first-order valence-electron chi connectivity index (χ1n) is 7.63. The van der Waals surface area contributed by atoms with Gasteiger partial charge in [-0.3, -0.25) is 0 Å². The zero-order valence-electron chi connectivity index (χ0n) is 13.6. The van der Waals surface area contributed by atoms with Gasteiger partial charge in [0.25, 0.3) is 0 Å². The van der Waals surface area contributed by atoms with E-state index in [9.17, 15) is 5.11 Å². The molecule has 2 aromatic rings. The summed E-state index contributed by atoms with van der Waals surface area (Å²) in [5, 5.41) is 11.0. The highest BCUT2D eigenvalue weighted by molar-refractivity contribution is 5.87. The molecule has 1 heterocycles. The maximum atomic E-state index is 9.90. The van der Waals surface area contributed by atoms with Crippen LogP contribution in [0.5, 0.6) is 0 Å². The van der Waals surface area contributed by atoms with Crippen molar-refractivity contribution in [3.63, 3.8) is 0 Å². The summed E-state index contributed by atoms with van der Waals surface area (Å²) in [5.41, 5.74) is 3.17. The number of aliphatic hydroxyl groups excluding tert-OH is 1. The van der Waals surface area contributed by atoms with Crippen molar-refractivity contribution in [3.8, 4) is 0 Å². The lowest BCUT2D eigenvalue weighted by Gasteiger charge is -2.15. The standard InChI is InChI=1S/C18H25NO3/c1-13(2)16-7-5-6-15-12-17(14(3)20)19(18(15)16)8-9-22-11-10-21-4/h5-7,12-13,20H,3,8-11H2,1-2,4H3. The van der Waals surface area contributed by atoms with Gasteiger partial charge in [0.15, 0.2) is 0 Å². The Hall–Kier alpha value is -1.78. The van der Waals surface area contributed by atoms with Gasteiger partial charge in [0.1, 0.15) is 5.76 Å². The number of methoxy groups -OCH3 is 1. The molecule has 0 fully saturated rings. The van der Waals surface area contributed by atoms with Gasteiger partial charge < -0.3 is 19.1 Å². The van der Waals surface area contributed by atoms with Crippen molar-refractivity contribution >= 4 is 16.7 Å². The van der Waals surface area contributed by atoms with Crippen molar-refractivity contribution in [2.75, 3.05) is 26.9 Å². The van der Waals surface area contributed by atoms with Crippen LogP contribution in [0.25, 0.3) is 16.7 Å². The number of nitrogens with zero attached hydrogens (tertiary/aromatic N) is 1. The van der Waals surface area contributed by atoms with Crippen molar-refractivity contribution in [1.29, 1.82) is 0 Å². The fraction of sp³-hybridized carbons (Fsp3) is 0.444. The summed E-state index contributed by atoms with van der Waals surface area (Å²) in [5.74, 6) is 0.495. The van der Waals surface area contributed by atoms with Crippen LogP contribution in [0.2, 0.25) is 0 Å². The lowest BCUT2D eigenvalue weighted by molar-refractivity contribution is 0.0669. The van der Waals surface area contributed by atoms with Gasteiger partial charge in [-0.1, -0.05) is 38.6 Å². The molecule has 0 atom stereocenters. The van der Waals surface area contributed by atoms with Crippen LogP contribution in [0.15, 0.2) is 30.8 Å². The second-order valence-electron chi connectivity index (χ2n) is 5.67. The van der Waals surface area contributed by atoms with Gasteiger partial charge in [-0.05, 0) is 17.5 Å². The maximum Gasteiger partial charge on any atom is 0.132 e. The van der Waals surface area contributed by atoms with Crippen molar-refractivity contribution in [3.05, 3.63) is 42.1 Å². The Morgan fingerprint density at radius 2 is 2.05 bits per heavy atom. The highest BCUT2D eigenvalue weighted by Crippen LogP contribution is 2.30. The first-order chi connectivity index (χ1) is 10.6. The van der Waals surface area contributed by atoms with Crippen molar-refractivity contribution in [2.24, 2.45) is 0 Å². The SMILES string of the molecule is C=C(O)c1cc2cccc(C(C)C)c2n1CCOCCOC. The molecule has 0 aliphatic heterocycles. The molecule has 2 rings (SSSR count). The van der Waals surface area contributed by atoms with Gasteiger partial charge in [0, 0.05) is 19.0 Å². The molecular weight excluding hydrogens is 278 g/mol. The van der Waals surface area contributed by atoms with Gasteiger partial charge >= 0.3 is 0 Å². The number of benzene rings is 1. The minimum absolute atomic E-state index is 0.0859. The topological polar surface area (TPSA) is 43.6 Å². The van der Waals surface area contributed by atoms with Gasteiger partial charge in [0.2, 0.25) is 0 Å². The Morgan fingerprint density at radius 1 is 1.27 bits per heavy atom. The highest BCUT2D eigenvalue weighted by atomic mass is 16.5. The molecule has 0 spiro atoms. The molecular formula is C18H25NO3. The van der Waals surface area contributed by atoms with Crippen molar-refractivity contribution in [1.82, 2.24) is 4.57 Å². The molecule has 0 saturated carbocycles. The Kier molecular flexibility index (Phi) is 5.63. The van der Waals surface area contributed by atoms with Gasteiger partial charge in [-0.15, -0.1) is 0 Å². The van der Waals surface area contributed by atoms with Crippen molar-refractivity contribution < 1.29 is 14.6 Å². The minimum Gasteiger partial charge on any atom is -0.506 e. The van der Waals surface area contributed by atoms with Gasteiger partial charge in [-0.2, -0.15) is 0 Å². The van der Waals surface area contributed by atoms with Crippen LogP contribution >= 0.6 is 0 Å². The van der Waals surface area contributed by atoms with E-state index in [0.717, 1.165) is 16.6 Å². The summed E-state index contributed by atoms with van der Waals surface area (Å²) < 4.78 is 12.6. The second-order valence-corrected chi connectivity index (χ2v) is 5.67. The van der Waals surface area contributed by atoms with E-state index in [1.54, 1.807) is 7.11 Å². The molecule has 0 amide bonds. The minimum atomic E-state index is 0.0859. The normalized spacial score (nSPS) is 11.5. The van der Waals surface area contributed by atoms with E-state index in [1.165, 1.54) is 5.56 Å². The number of fused-ring (bicyclic) bond motifs is 1. The first-order valence-corrected chi connectivity index (χ1v) is 7.63. The molecule has 0 unspecified atom stereocenters. The molecule has 1 aromatic carbocycles. The summed E-state index contributed by atoms with van der Waals surface area (Å²) in [7, 11) is 1.66. The van der Waals surface area contributed by atoms with Crippen molar-refractivity contribution in [2.45, 2.75) is 26.3 Å². The molecule has 1 aromatic heterocycles. The first kappa shape index (κ1) is 16.6. The van der Waals surface area contributed by atoms with Crippen LogP contribution in [0.4, 0.5) is 0 Å². The third-order valence-electron chi connectivity index (χ3n) is 3.76. The number of ether oxygens (including phenoxy) is 2. The predicted molar refractivity (Wildman–Crippen MR) is 90.4 cm³/mol. The van der Waals surface area contributed by atoms with Gasteiger partial charge in [0.05, 0.1) is 31.0 Å². The summed E-state index contributed by atoms with van der Waals surface area (Å²) >= 11 is 0. The van der Waals surface area contributed by atoms with Gasteiger partial charge in [-0.25, -0.2) is 0 Å². The Bertz CT molecular complexity index is 643. The molecule has 0 radical (unpaired) electrons. The smallest absolute Gasteiger partial charge is 0.132 e. The molecule has 120 valence electrons. The lowest BCUT2D eigenvalue weighted by Crippen LogP contribution is -2.12. The van der Waals surface area contributed by atoms with Crippen LogP contribution in [-0.4, -0.2) is 36.6 Å². The van der Waals surface area contributed by atoms with E-state index in [4.69, 9.17) is 9.47 Å². The van der Waals surface area contributed by atoms with Crippen LogP contribution < -0.4 is 0 Å². The molecule has 4 heteroatoms. The van der Waals surface area contributed by atoms with Crippen LogP contribution in [0.1, 0.15) is 31.0 Å². The molecule has 0 saturated heterocycles. The molecule has 1 N–H and O–H groups in total. The summed E-state index contributed by atoms with van der Waals surface area (Å²) in [6, 6.07) is 8.24. The average molecular weight is 303 g/mol. The third kappa shape index (κ3) is 3.51. The Morgan fingerprint density at radius 3 is 2.68 bits per heavy atom. The number of rotatable bonds is 8. The van der Waals surface area contributed by atoms with E-state index >= 15 is 0 Å². The number of hydrogen-bond donors (Lipinski definition) is 1. The van der Waals surface area contributed by atoms with E-state index < -0.39 is 0 Å². The van der Waals surface area contributed by atoms with Crippen LogP contribution in [-0.2, 0) is 16.0 Å². The number of para-hydroxylation sites is 1. The number of aromatic nitrogens is 1. The zero-order valence-corrected chi connectivity index (χ0v) is 13.6. The number of hydrogen-bond acceptors (Lipinski definition) is 3. The molecule has 4 nitrogen and oxygen atoms in total. The number of aliphatic hydroxyl groups is 1. The fourth-order valence-corrected chi connectivity index (χ4v) is 2.69. The maximum absolute atomic E-state index is 9.90. The monoisotopic (exact) mass is 303 g/mol. The van der Waals surface area contributed by atoms with E-state index in [-0.39, 0.29) is 5.76 Å². The quantitative estimate of drug-likeness (QED) is 0.593. The van der Waals surface area contributed by atoms with E-state index in [0.29, 0.717) is 32.3 Å². The summed E-state index contributed by atoms with van der Waals surface area (Å²) in [6.07, 6.45) is 0. The summed E-state index contributed by atoms with van der Waals surface area (Å²) in [6.45, 7) is 10.4. The van der Waals surface area contributed by atoms with E-state index in [2.05, 4.69) is 43.2 Å². The average Bonchev–Trinajstić information content (AvgIpc) is 2.86. The zero-order chi connectivity index (χ0) is 16.1. The third-order valence-corrected chi connectivity index (χ3v) is 3.76. The Balaban J connectivity index is 2.35. The van der Waals surface area contributed by atoms with Crippen LogP contribution in [0.3, 0.4) is 0 Å². The molecule has 0 aliphatic carbocycles. The molecule has 0 aliphatic rings. The largest absolute Gasteiger partial charge is 0.506 e. The Labute approximate surface area is 132 Å². The lowest BCUT2D eigenvalue weighted by atomic mass is 10.0. The predicted octanol–water partition coefficient (Wildman–Crippen LogP) is 3.96. The highest BCUT2D eigenvalue weighted by Gasteiger charge is 2.15. The molecule has 22 heavy (non-hydrogen) atoms. The second kappa shape index (κ2) is 7.47.